The number of hydrogen-bond acceptors (Lipinski definition) is 3. The lowest BCUT2D eigenvalue weighted by Crippen LogP contribution is -2.28. The van der Waals surface area contributed by atoms with Gasteiger partial charge in [-0.15, -0.1) is 0 Å². The fourth-order valence-electron chi connectivity index (χ4n) is 3.84. The number of aliphatic carboxylic acids is 1. The first-order valence-corrected chi connectivity index (χ1v) is 13.8. The Kier molecular flexibility index (Phi) is 30.9. The summed E-state index contributed by atoms with van der Waals surface area (Å²) >= 11 is 0. The van der Waals surface area contributed by atoms with E-state index in [4.69, 9.17) is 16.6 Å². The minimum atomic E-state index is -0.651. The molecular weight excluding hydrogens is 384 g/mol. The molecule has 0 aliphatic carbocycles. The topological polar surface area (TPSA) is 89.3 Å². The fraction of sp³-hybridized carbons (Fsp3) is 0.963. The molecule has 0 rings (SSSR count). The van der Waals surface area contributed by atoms with Crippen molar-refractivity contribution in [3.63, 3.8) is 0 Å². The Hall–Kier alpha value is -0.610. The van der Waals surface area contributed by atoms with E-state index in [-0.39, 0.29) is 6.04 Å². The number of carboxylic acid groups (broad SMARTS) is 1. The lowest BCUT2D eigenvalue weighted by Gasteiger charge is -2.03. The maximum atomic E-state index is 10.4. The second-order valence-corrected chi connectivity index (χ2v) is 9.29. The molecular formula is C27H58N2O2. The highest BCUT2D eigenvalue weighted by Gasteiger charge is 1.97. The van der Waals surface area contributed by atoms with Gasteiger partial charge in [0.05, 0.1) is 0 Å². The van der Waals surface area contributed by atoms with Crippen LogP contribution in [0, 0.1) is 0 Å². The summed E-state index contributed by atoms with van der Waals surface area (Å²) in [6.45, 7) is 5.01. The molecule has 31 heavy (non-hydrogen) atoms. The van der Waals surface area contributed by atoms with Crippen LogP contribution >= 0.6 is 0 Å². The summed E-state index contributed by atoms with van der Waals surface area (Å²) in [4.78, 5) is 10.4. The zero-order valence-electron chi connectivity index (χ0n) is 21.4. The summed E-state index contributed by atoms with van der Waals surface area (Å²) < 4.78 is 0. The Morgan fingerprint density at radius 1 is 0.613 bits per heavy atom. The highest BCUT2D eigenvalue weighted by Crippen LogP contribution is 2.14. The molecule has 1 atom stereocenters. The van der Waals surface area contributed by atoms with Gasteiger partial charge in [0, 0.05) is 19.0 Å². The van der Waals surface area contributed by atoms with E-state index in [2.05, 4.69) is 13.8 Å². The summed E-state index contributed by atoms with van der Waals surface area (Å²) in [5, 5.41) is 8.56. The van der Waals surface area contributed by atoms with Gasteiger partial charge >= 0.3 is 5.97 Å². The third-order valence-electron chi connectivity index (χ3n) is 5.96. The molecule has 188 valence electrons. The van der Waals surface area contributed by atoms with Crippen molar-refractivity contribution in [2.75, 3.05) is 6.54 Å². The molecule has 0 aliphatic rings. The molecule has 4 nitrogen and oxygen atoms in total. The van der Waals surface area contributed by atoms with Crippen molar-refractivity contribution in [1.29, 1.82) is 0 Å². The zero-order chi connectivity index (χ0) is 23.4. The number of carboxylic acids is 1. The van der Waals surface area contributed by atoms with E-state index in [0.717, 1.165) is 25.7 Å². The van der Waals surface area contributed by atoms with Crippen LogP contribution in [0.25, 0.3) is 0 Å². The predicted octanol–water partition coefficient (Wildman–Crippen LogP) is 7.97. The lowest BCUT2D eigenvalue weighted by molar-refractivity contribution is -0.137. The van der Waals surface area contributed by atoms with Gasteiger partial charge in [-0.25, -0.2) is 0 Å². The second kappa shape index (κ2) is 29.4. The van der Waals surface area contributed by atoms with Gasteiger partial charge in [0.1, 0.15) is 0 Å². The van der Waals surface area contributed by atoms with Crippen LogP contribution in [0.4, 0.5) is 0 Å². The van der Waals surface area contributed by atoms with Gasteiger partial charge < -0.3 is 16.6 Å². The highest BCUT2D eigenvalue weighted by atomic mass is 16.4. The molecule has 0 heterocycles. The van der Waals surface area contributed by atoms with Crippen LogP contribution in [-0.2, 0) is 4.79 Å². The van der Waals surface area contributed by atoms with E-state index in [0.29, 0.717) is 13.0 Å². The van der Waals surface area contributed by atoms with Gasteiger partial charge in [0.2, 0.25) is 0 Å². The minimum absolute atomic E-state index is 0.227. The first-order chi connectivity index (χ1) is 15.1. The highest BCUT2D eigenvalue weighted by molar-refractivity contribution is 5.66. The number of carbonyl (C=O) groups is 1. The molecule has 0 aromatic rings. The summed E-state index contributed by atoms with van der Waals surface area (Å²) in [6.07, 6.45) is 28.3. The minimum Gasteiger partial charge on any atom is -0.481 e. The molecule has 0 aromatic heterocycles. The van der Waals surface area contributed by atoms with Crippen LogP contribution in [0.15, 0.2) is 0 Å². The van der Waals surface area contributed by atoms with Gasteiger partial charge in [-0.3, -0.25) is 4.79 Å². The first-order valence-electron chi connectivity index (χ1n) is 13.8. The van der Waals surface area contributed by atoms with Gasteiger partial charge in [-0.1, -0.05) is 136 Å². The molecule has 0 aliphatic heterocycles. The van der Waals surface area contributed by atoms with Crippen molar-refractivity contribution in [3.05, 3.63) is 0 Å². The lowest BCUT2D eigenvalue weighted by atomic mass is 10.0. The molecule has 1 unspecified atom stereocenters. The summed E-state index contributed by atoms with van der Waals surface area (Å²) in [5.74, 6) is -0.651. The number of hydrogen-bond donors (Lipinski definition) is 3. The van der Waals surface area contributed by atoms with Crippen LogP contribution in [0.3, 0.4) is 0 Å². The Balaban J connectivity index is 0. The third kappa shape index (κ3) is 34.2. The molecule has 0 amide bonds. The van der Waals surface area contributed by atoms with Gasteiger partial charge in [-0.05, 0) is 12.8 Å². The van der Waals surface area contributed by atoms with Gasteiger partial charge in [0.25, 0.3) is 0 Å². The third-order valence-corrected chi connectivity index (χ3v) is 5.96. The van der Waals surface area contributed by atoms with Crippen molar-refractivity contribution in [3.8, 4) is 0 Å². The van der Waals surface area contributed by atoms with Crippen molar-refractivity contribution >= 4 is 5.97 Å². The standard InChI is InChI=1S/C22H44O2.C5H14N2/c1-2-3-4-5-6-7-8-9-10-11-12-13-14-15-16-17-18-19-20-21-22(23)24;1-2-3-5(7)4-6/h2-21H2,1H3,(H,23,24);5H,2-4,6-7H2,1H3. The van der Waals surface area contributed by atoms with E-state index in [1.165, 1.54) is 109 Å². The largest absolute Gasteiger partial charge is 0.481 e. The van der Waals surface area contributed by atoms with E-state index < -0.39 is 5.97 Å². The molecule has 4 heteroatoms. The fourth-order valence-corrected chi connectivity index (χ4v) is 3.84. The molecule has 0 spiro atoms. The SMILES string of the molecule is CCCC(N)CN.CCCCCCCCCCCCCCCCCCCCCC(=O)O. The second-order valence-electron chi connectivity index (χ2n) is 9.29. The number of rotatable bonds is 23. The monoisotopic (exact) mass is 442 g/mol. The maximum absolute atomic E-state index is 10.4. The van der Waals surface area contributed by atoms with E-state index in [1.807, 2.05) is 0 Å². The molecule has 0 saturated carbocycles. The van der Waals surface area contributed by atoms with Crippen LogP contribution in [0.2, 0.25) is 0 Å². The average molecular weight is 443 g/mol. The van der Waals surface area contributed by atoms with E-state index in [9.17, 15) is 4.79 Å². The van der Waals surface area contributed by atoms with Crippen molar-refractivity contribution in [1.82, 2.24) is 0 Å². The van der Waals surface area contributed by atoms with E-state index in [1.54, 1.807) is 0 Å². The summed E-state index contributed by atoms with van der Waals surface area (Å²) in [7, 11) is 0. The summed E-state index contributed by atoms with van der Waals surface area (Å²) in [6, 6.07) is 0.227. The molecule has 0 saturated heterocycles. The van der Waals surface area contributed by atoms with E-state index >= 15 is 0 Å². The Morgan fingerprint density at radius 3 is 1.16 bits per heavy atom. The molecule has 0 fully saturated rings. The van der Waals surface area contributed by atoms with Crippen molar-refractivity contribution in [2.24, 2.45) is 11.5 Å². The number of unbranched alkanes of at least 4 members (excludes halogenated alkanes) is 18. The number of nitrogens with two attached hydrogens (primary N) is 2. The maximum Gasteiger partial charge on any atom is 0.303 e. The molecule has 5 N–H and O–H groups in total. The van der Waals surface area contributed by atoms with Crippen molar-refractivity contribution in [2.45, 2.75) is 161 Å². The van der Waals surface area contributed by atoms with Crippen LogP contribution in [0.5, 0.6) is 0 Å². The Morgan fingerprint density at radius 2 is 0.935 bits per heavy atom. The Bertz CT molecular complexity index is 337. The molecule has 0 radical (unpaired) electrons. The van der Waals surface area contributed by atoms with Crippen LogP contribution in [-0.4, -0.2) is 23.7 Å². The normalized spacial score (nSPS) is 11.7. The smallest absolute Gasteiger partial charge is 0.303 e. The first kappa shape index (κ1) is 32.6. The van der Waals surface area contributed by atoms with Crippen LogP contribution in [0.1, 0.15) is 155 Å². The van der Waals surface area contributed by atoms with Gasteiger partial charge in [-0.2, -0.15) is 0 Å². The molecule has 0 bridgehead atoms. The quantitative estimate of drug-likeness (QED) is 0.140. The predicted molar refractivity (Wildman–Crippen MR) is 138 cm³/mol. The average Bonchev–Trinajstić information content (AvgIpc) is 2.75. The van der Waals surface area contributed by atoms with Crippen LogP contribution < -0.4 is 11.5 Å². The summed E-state index contributed by atoms with van der Waals surface area (Å²) in [5.41, 5.74) is 10.7. The Labute approximate surface area is 195 Å². The molecule has 0 aromatic carbocycles. The van der Waals surface area contributed by atoms with Gasteiger partial charge in [0.15, 0.2) is 0 Å². The van der Waals surface area contributed by atoms with Crippen molar-refractivity contribution < 1.29 is 9.90 Å². The zero-order valence-corrected chi connectivity index (χ0v) is 21.4.